The molecule has 0 saturated heterocycles. The van der Waals surface area contributed by atoms with Crippen LogP contribution in [0.4, 0.5) is 17.1 Å². The molecular formula is C46H48I9N9O21. The zero-order valence-corrected chi connectivity index (χ0v) is 62.3. The van der Waals surface area contributed by atoms with Gasteiger partial charge in [0.2, 0.25) is 0 Å². The van der Waals surface area contributed by atoms with Crippen LogP contribution in [0.3, 0.4) is 0 Å². The molecule has 5 rings (SSSR count). The molecule has 4 bridgehead atoms. The second-order valence-electron chi connectivity index (χ2n) is 17.9. The van der Waals surface area contributed by atoms with Crippen LogP contribution in [-0.4, -0.2) is 251 Å². The number of hydrogen-bond donors (Lipinski definition) is 15. The molecule has 6 atom stereocenters. The van der Waals surface area contributed by atoms with E-state index in [4.69, 9.17) is 5.73 Å². The Balaban J connectivity index is 1.62. The summed E-state index contributed by atoms with van der Waals surface area (Å²) < 4.78 is 0.128. The van der Waals surface area contributed by atoms with Gasteiger partial charge >= 0.3 is 0 Å². The number of carbonyl (C=O) groups excluding carboxylic acids is 9. The number of primary amides is 1. The summed E-state index contributed by atoms with van der Waals surface area (Å²) in [6.07, 6.45) is -11.0. The molecule has 3 aromatic rings. The van der Waals surface area contributed by atoms with Gasteiger partial charge in [0.05, 0.1) is 149 Å². The first-order valence-corrected chi connectivity index (χ1v) is 33.7. The second-order valence-corrected chi connectivity index (χ2v) is 27.6. The minimum Gasteiger partial charge on any atom is -0.394 e. The Hall–Kier alpha value is -0.700. The standard InChI is InChI=1S/C46H48I9N9O21/c47-26-20(38(56)77)29(50)35(60(5-14(71)8-65)39(78)17(74)11-68)30(51)21(26)42(81)59(3-1-57-63-43(82)22-27(48)23(44(63)83)32(53)36(31(22)52)61(6-15(72)9-66)40(79)18(75)12-69)4-2-58-64-45(84)24-28(49)25(46(64)85)34(55)37(33(24)54)62(7-16(73)10-67)41(80)19(76)13-70/h14-19,57-58,65-76H,1-13H2,(H2,56,77). The van der Waals surface area contributed by atoms with Crippen molar-refractivity contribution in [3.8, 4) is 0 Å². The maximum absolute atomic E-state index is 15.4. The van der Waals surface area contributed by atoms with Gasteiger partial charge in [0.1, 0.15) is 0 Å². The van der Waals surface area contributed by atoms with Crippen molar-refractivity contribution < 1.29 is 104 Å². The van der Waals surface area contributed by atoms with E-state index in [1.54, 1.807) is 203 Å². The normalized spacial score (nSPS) is 15.2. The quantitative estimate of drug-likeness (QED) is 0.0262. The number of hydrogen-bond acceptors (Lipinski definition) is 23. The van der Waals surface area contributed by atoms with Gasteiger partial charge in [-0.2, -0.15) is 0 Å². The van der Waals surface area contributed by atoms with E-state index in [1.807, 2.05) is 0 Å². The third-order valence-electron chi connectivity index (χ3n) is 12.4. The van der Waals surface area contributed by atoms with Crippen molar-refractivity contribution >= 4 is 274 Å². The fourth-order valence-electron chi connectivity index (χ4n) is 8.26. The summed E-state index contributed by atoms with van der Waals surface area (Å²) in [4.78, 5) is 131. The number of imide groups is 2. The number of aliphatic hydroxyl groups excluding tert-OH is 12. The maximum atomic E-state index is 15.4. The molecule has 2 aliphatic heterocycles. The number of amides is 9. The lowest BCUT2D eigenvalue weighted by Gasteiger charge is -2.35. The summed E-state index contributed by atoms with van der Waals surface area (Å²) in [5.41, 5.74) is 9.57. The van der Waals surface area contributed by atoms with Gasteiger partial charge in [0, 0.05) is 36.9 Å². The van der Waals surface area contributed by atoms with Crippen LogP contribution in [0, 0.1) is 32.1 Å². The average Bonchev–Trinajstić information content (AvgIpc) is 1.63. The zero-order chi connectivity index (χ0) is 64.1. The molecule has 466 valence electrons. The summed E-state index contributed by atoms with van der Waals surface area (Å²) in [5.74, 6) is -9.60. The predicted octanol–water partition coefficient (Wildman–Crippen LogP) is -2.61. The number of carbonyl (C=O) groups is 9. The van der Waals surface area contributed by atoms with Gasteiger partial charge in [0.25, 0.3) is 53.2 Å². The fraction of sp³-hybridized carbons (Fsp3) is 0.413. The molecule has 0 aliphatic carbocycles. The number of hydrazine groups is 2. The molecule has 0 radical (unpaired) electrons. The summed E-state index contributed by atoms with van der Waals surface area (Å²) >= 11 is 15.4. The highest BCUT2D eigenvalue weighted by Crippen LogP contribution is 2.44. The highest BCUT2D eigenvalue weighted by Gasteiger charge is 2.45. The topological polar surface area (TPSA) is 466 Å². The smallest absolute Gasteiger partial charge is 0.277 e. The Morgan fingerprint density at radius 3 is 0.941 bits per heavy atom. The first kappa shape index (κ1) is 75.0. The molecule has 30 nitrogen and oxygen atoms in total. The van der Waals surface area contributed by atoms with E-state index in [0.717, 1.165) is 19.6 Å². The maximum Gasteiger partial charge on any atom is 0.277 e. The molecule has 85 heavy (non-hydrogen) atoms. The number of fused-ring (bicyclic) bond motifs is 4. The molecule has 9 amide bonds. The van der Waals surface area contributed by atoms with Gasteiger partial charge in [-0.15, -0.1) is 0 Å². The Morgan fingerprint density at radius 2 is 0.682 bits per heavy atom. The van der Waals surface area contributed by atoms with Crippen LogP contribution in [0.25, 0.3) is 0 Å². The minimum atomic E-state index is -2.12. The van der Waals surface area contributed by atoms with Crippen LogP contribution >= 0.6 is 203 Å². The van der Waals surface area contributed by atoms with E-state index in [9.17, 15) is 99.6 Å². The molecule has 2 aliphatic rings. The monoisotopic (exact) mass is 2200 g/mol. The van der Waals surface area contributed by atoms with Crippen molar-refractivity contribution in [1.29, 1.82) is 0 Å². The second kappa shape index (κ2) is 32.7. The number of anilines is 3. The van der Waals surface area contributed by atoms with Gasteiger partial charge in [-0.1, -0.05) is 0 Å². The number of benzene rings is 3. The van der Waals surface area contributed by atoms with Gasteiger partial charge in [-0.25, -0.2) is 20.9 Å². The van der Waals surface area contributed by atoms with E-state index >= 15 is 4.79 Å². The molecule has 0 fully saturated rings. The van der Waals surface area contributed by atoms with Gasteiger partial charge in [0.15, 0.2) is 18.3 Å². The minimum absolute atomic E-state index is 0.0375. The highest BCUT2D eigenvalue weighted by molar-refractivity contribution is 14.1. The number of nitrogens with two attached hydrogens (primary N) is 1. The van der Waals surface area contributed by atoms with E-state index in [2.05, 4.69) is 10.9 Å². The first-order valence-electron chi connectivity index (χ1n) is 24.0. The number of aliphatic hydroxyl groups is 12. The molecule has 2 heterocycles. The van der Waals surface area contributed by atoms with Gasteiger partial charge in [-0.3, -0.25) is 43.2 Å². The Labute approximate surface area is 603 Å². The van der Waals surface area contributed by atoms with Gasteiger partial charge in [-0.05, 0) is 203 Å². The fourth-order valence-corrected chi connectivity index (χ4v) is 22.3. The van der Waals surface area contributed by atoms with E-state index in [0.29, 0.717) is 10.0 Å². The summed E-state index contributed by atoms with van der Waals surface area (Å²) in [7, 11) is 0. The van der Waals surface area contributed by atoms with Crippen molar-refractivity contribution in [2.24, 2.45) is 5.73 Å². The summed E-state index contributed by atoms with van der Waals surface area (Å²) in [5, 5.41) is 122. The van der Waals surface area contributed by atoms with E-state index < -0.39 is 175 Å². The molecule has 6 unspecified atom stereocenters. The Kier molecular flexibility index (Phi) is 28.9. The highest BCUT2D eigenvalue weighted by atomic mass is 127. The number of rotatable bonds is 28. The number of nitrogens with one attached hydrogen (secondary N) is 2. The molecule has 0 spiro atoms. The van der Waals surface area contributed by atoms with Crippen molar-refractivity contribution in [2.45, 2.75) is 36.6 Å². The van der Waals surface area contributed by atoms with Crippen molar-refractivity contribution in [3.63, 3.8) is 0 Å². The third-order valence-corrected chi connectivity index (χ3v) is 21.9. The van der Waals surface area contributed by atoms with Crippen molar-refractivity contribution in [1.82, 2.24) is 25.8 Å². The lowest BCUT2D eigenvalue weighted by Crippen LogP contribution is -2.55. The van der Waals surface area contributed by atoms with E-state index in [1.165, 1.54) is 0 Å². The van der Waals surface area contributed by atoms with Crippen molar-refractivity contribution in [2.75, 3.05) is 100 Å². The average molecular weight is 2210 g/mol. The number of halogens is 9. The molecule has 0 saturated carbocycles. The molecule has 3 aromatic carbocycles. The number of nitrogens with zero attached hydrogens (tertiary/aromatic N) is 6. The third kappa shape index (κ3) is 15.7. The summed E-state index contributed by atoms with van der Waals surface area (Å²) in [6, 6.07) is 0. The van der Waals surface area contributed by atoms with Crippen molar-refractivity contribution in [3.05, 3.63) is 65.5 Å². The van der Waals surface area contributed by atoms with E-state index in [-0.39, 0.29) is 82.6 Å². The first-order chi connectivity index (χ1) is 39.9. The SMILES string of the molecule is NC(=O)c1c(I)c(C(=O)N(CCNN2C(=O)c3c(I)c(c(I)c(N(CC(O)CO)C(=O)C(O)CO)c3I)C2=O)CCNN2C(=O)c3c(I)c(c(I)c(N(CC(O)CO)C(=O)C(O)CO)c3I)C2=O)c(I)c(N(CC(O)CO)C(=O)C(O)CO)c1I. The largest absolute Gasteiger partial charge is 0.394 e. The van der Waals surface area contributed by atoms with Crippen LogP contribution < -0.4 is 31.3 Å². The predicted molar refractivity (Wildman–Crippen MR) is 371 cm³/mol. The lowest BCUT2D eigenvalue weighted by atomic mass is 10.0. The zero-order valence-electron chi connectivity index (χ0n) is 42.9. The molecular weight excluding hydrogens is 2160 g/mol. The molecule has 16 N–H and O–H groups in total. The van der Waals surface area contributed by atoms with Gasteiger partial charge < -0.3 is 86.6 Å². The molecule has 39 heteroatoms. The van der Waals surface area contributed by atoms with Crippen LogP contribution in [0.1, 0.15) is 62.1 Å². The summed E-state index contributed by atoms with van der Waals surface area (Å²) in [6.45, 7) is -9.85. The van der Waals surface area contributed by atoms with Crippen LogP contribution in [0.2, 0.25) is 0 Å². The molecule has 0 aromatic heterocycles. The van der Waals surface area contributed by atoms with Crippen LogP contribution in [0.5, 0.6) is 0 Å². The lowest BCUT2D eigenvalue weighted by molar-refractivity contribution is -0.129. The Bertz CT molecular complexity index is 2980. The Morgan fingerprint density at radius 1 is 0.412 bits per heavy atom. The van der Waals surface area contributed by atoms with Crippen LogP contribution in [-0.2, 0) is 14.4 Å². The van der Waals surface area contributed by atoms with Crippen LogP contribution in [0.15, 0.2) is 0 Å².